The number of hydrogen-bond acceptors (Lipinski definition) is 0. The van der Waals surface area contributed by atoms with Gasteiger partial charge in [-0.1, -0.05) is 35.9 Å². The lowest BCUT2D eigenvalue weighted by Gasteiger charge is -2.18. The SMILES string of the molecule is Clc1ccc(C2CC3C=CC2C3)cc1. The third kappa shape index (κ3) is 1.29. The highest BCUT2D eigenvalue weighted by atomic mass is 35.5. The Morgan fingerprint density at radius 1 is 1.00 bits per heavy atom. The van der Waals surface area contributed by atoms with Crippen LogP contribution in [-0.2, 0) is 0 Å². The Hall–Kier alpha value is -0.750. The van der Waals surface area contributed by atoms with Crippen LogP contribution in [0.3, 0.4) is 0 Å². The highest BCUT2D eigenvalue weighted by Gasteiger charge is 2.36. The molecule has 14 heavy (non-hydrogen) atoms. The van der Waals surface area contributed by atoms with E-state index in [4.69, 9.17) is 11.6 Å². The number of fused-ring (bicyclic) bond motifs is 2. The molecular weight excluding hydrogens is 192 g/mol. The van der Waals surface area contributed by atoms with Crippen molar-refractivity contribution in [3.8, 4) is 0 Å². The van der Waals surface area contributed by atoms with Crippen molar-refractivity contribution in [3.05, 3.63) is 47.0 Å². The summed E-state index contributed by atoms with van der Waals surface area (Å²) in [6.07, 6.45) is 7.49. The Labute approximate surface area is 89.6 Å². The summed E-state index contributed by atoms with van der Waals surface area (Å²) in [6.45, 7) is 0. The van der Waals surface area contributed by atoms with E-state index in [-0.39, 0.29) is 0 Å². The van der Waals surface area contributed by atoms with E-state index in [1.54, 1.807) is 0 Å². The largest absolute Gasteiger partial charge is 0.0851 e. The zero-order chi connectivity index (χ0) is 9.54. The quantitative estimate of drug-likeness (QED) is 0.607. The van der Waals surface area contributed by atoms with Crippen molar-refractivity contribution in [2.45, 2.75) is 18.8 Å². The highest BCUT2D eigenvalue weighted by Crippen LogP contribution is 2.48. The first-order valence-corrected chi connectivity index (χ1v) is 5.64. The standard InChI is InChI=1S/C13H13Cl/c14-12-5-3-10(4-6-12)13-8-9-1-2-11(13)7-9/h1-6,9,11,13H,7-8H2. The van der Waals surface area contributed by atoms with E-state index in [9.17, 15) is 0 Å². The number of halogens is 1. The minimum absolute atomic E-state index is 0.752. The molecule has 0 nitrogen and oxygen atoms in total. The van der Waals surface area contributed by atoms with Gasteiger partial charge in [-0.15, -0.1) is 0 Å². The summed E-state index contributed by atoms with van der Waals surface area (Å²) in [6, 6.07) is 8.38. The van der Waals surface area contributed by atoms with Crippen molar-refractivity contribution in [3.63, 3.8) is 0 Å². The summed E-state index contributed by atoms with van der Waals surface area (Å²) in [5, 5.41) is 0.840. The van der Waals surface area contributed by atoms with Gasteiger partial charge in [-0.2, -0.15) is 0 Å². The number of benzene rings is 1. The Kier molecular flexibility index (Phi) is 1.91. The van der Waals surface area contributed by atoms with Gasteiger partial charge in [0.2, 0.25) is 0 Å². The molecule has 3 atom stereocenters. The molecule has 2 bridgehead atoms. The van der Waals surface area contributed by atoms with Crippen LogP contribution in [0.4, 0.5) is 0 Å². The van der Waals surface area contributed by atoms with Crippen LogP contribution >= 0.6 is 11.6 Å². The van der Waals surface area contributed by atoms with Gasteiger partial charge in [0.1, 0.15) is 0 Å². The molecule has 0 N–H and O–H groups in total. The van der Waals surface area contributed by atoms with Crippen LogP contribution in [0.2, 0.25) is 5.02 Å². The molecule has 3 unspecified atom stereocenters. The van der Waals surface area contributed by atoms with Crippen LogP contribution in [0.5, 0.6) is 0 Å². The summed E-state index contributed by atoms with van der Waals surface area (Å²) >= 11 is 5.88. The van der Waals surface area contributed by atoms with E-state index in [0.29, 0.717) is 0 Å². The number of rotatable bonds is 1. The lowest BCUT2D eigenvalue weighted by atomic mass is 9.87. The Morgan fingerprint density at radius 2 is 1.79 bits per heavy atom. The molecule has 0 saturated heterocycles. The average molecular weight is 205 g/mol. The number of allylic oxidation sites excluding steroid dienone is 2. The summed E-state index contributed by atoms with van der Waals surface area (Å²) < 4.78 is 0. The lowest BCUT2D eigenvalue weighted by Crippen LogP contribution is -2.04. The lowest BCUT2D eigenvalue weighted by molar-refractivity contribution is 0.585. The topological polar surface area (TPSA) is 0 Å². The van der Waals surface area contributed by atoms with E-state index >= 15 is 0 Å². The minimum atomic E-state index is 0.752. The van der Waals surface area contributed by atoms with Crippen LogP contribution < -0.4 is 0 Å². The van der Waals surface area contributed by atoms with E-state index in [2.05, 4.69) is 24.3 Å². The fourth-order valence-electron chi connectivity index (χ4n) is 2.87. The molecule has 1 heteroatoms. The molecule has 0 aliphatic heterocycles. The van der Waals surface area contributed by atoms with Crippen LogP contribution in [0.25, 0.3) is 0 Å². The van der Waals surface area contributed by atoms with E-state index in [1.165, 1.54) is 18.4 Å². The van der Waals surface area contributed by atoms with Crippen molar-refractivity contribution in [1.82, 2.24) is 0 Å². The van der Waals surface area contributed by atoms with E-state index in [1.807, 2.05) is 12.1 Å². The van der Waals surface area contributed by atoms with Gasteiger partial charge in [-0.25, -0.2) is 0 Å². The Morgan fingerprint density at radius 3 is 2.36 bits per heavy atom. The van der Waals surface area contributed by atoms with Gasteiger partial charge in [-0.05, 0) is 48.3 Å². The average Bonchev–Trinajstić information content (AvgIpc) is 2.80. The molecule has 0 spiro atoms. The smallest absolute Gasteiger partial charge is 0.0406 e. The summed E-state index contributed by atoms with van der Waals surface area (Å²) in [5.41, 5.74) is 1.46. The van der Waals surface area contributed by atoms with Crippen molar-refractivity contribution in [2.24, 2.45) is 11.8 Å². The predicted molar refractivity (Wildman–Crippen MR) is 59.5 cm³/mol. The molecule has 72 valence electrons. The normalized spacial score (nSPS) is 33.9. The second-order valence-electron chi connectivity index (χ2n) is 4.44. The molecule has 1 fully saturated rings. The zero-order valence-corrected chi connectivity index (χ0v) is 8.74. The van der Waals surface area contributed by atoms with Crippen molar-refractivity contribution in [1.29, 1.82) is 0 Å². The molecule has 0 heterocycles. The zero-order valence-electron chi connectivity index (χ0n) is 7.99. The molecule has 1 aromatic carbocycles. The van der Waals surface area contributed by atoms with Crippen LogP contribution in [0, 0.1) is 11.8 Å². The second-order valence-corrected chi connectivity index (χ2v) is 4.87. The minimum Gasteiger partial charge on any atom is -0.0851 e. The maximum atomic E-state index is 5.88. The molecule has 0 aromatic heterocycles. The highest BCUT2D eigenvalue weighted by molar-refractivity contribution is 6.30. The molecule has 2 aliphatic carbocycles. The molecule has 3 rings (SSSR count). The van der Waals surface area contributed by atoms with Crippen LogP contribution in [-0.4, -0.2) is 0 Å². The maximum absolute atomic E-state index is 5.88. The van der Waals surface area contributed by atoms with Gasteiger partial charge in [-0.3, -0.25) is 0 Å². The Bertz CT molecular complexity index is 363. The van der Waals surface area contributed by atoms with Crippen molar-refractivity contribution < 1.29 is 0 Å². The Balaban J connectivity index is 1.90. The van der Waals surface area contributed by atoms with Gasteiger partial charge in [0, 0.05) is 5.02 Å². The summed E-state index contributed by atoms with van der Waals surface area (Å²) in [4.78, 5) is 0. The summed E-state index contributed by atoms with van der Waals surface area (Å²) in [5.74, 6) is 2.39. The summed E-state index contributed by atoms with van der Waals surface area (Å²) in [7, 11) is 0. The monoisotopic (exact) mass is 204 g/mol. The molecule has 0 radical (unpaired) electrons. The number of hydrogen-bond donors (Lipinski definition) is 0. The van der Waals surface area contributed by atoms with Crippen molar-refractivity contribution >= 4 is 11.6 Å². The molecular formula is C13H13Cl. The molecule has 2 aliphatic rings. The van der Waals surface area contributed by atoms with Gasteiger partial charge >= 0.3 is 0 Å². The predicted octanol–water partition coefficient (Wildman–Crippen LogP) is 4.02. The third-order valence-electron chi connectivity index (χ3n) is 3.58. The maximum Gasteiger partial charge on any atom is 0.0406 e. The first kappa shape index (κ1) is 8.55. The fraction of sp³-hybridized carbons (Fsp3) is 0.385. The fourth-order valence-corrected chi connectivity index (χ4v) is 3.00. The van der Waals surface area contributed by atoms with Crippen molar-refractivity contribution in [2.75, 3.05) is 0 Å². The first-order chi connectivity index (χ1) is 6.83. The molecule has 0 amide bonds. The third-order valence-corrected chi connectivity index (χ3v) is 3.83. The van der Waals surface area contributed by atoms with Gasteiger partial charge < -0.3 is 0 Å². The van der Waals surface area contributed by atoms with Crippen LogP contribution in [0.15, 0.2) is 36.4 Å². The van der Waals surface area contributed by atoms with Gasteiger partial charge in [0.15, 0.2) is 0 Å². The van der Waals surface area contributed by atoms with E-state index in [0.717, 1.165) is 22.8 Å². The molecule has 1 aromatic rings. The van der Waals surface area contributed by atoms with E-state index < -0.39 is 0 Å². The molecule has 1 saturated carbocycles. The van der Waals surface area contributed by atoms with Crippen LogP contribution in [0.1, 0.15) is 24.3 Å². The van der Waals surface area contributed by atoms with Gasteiger partial charge in [0.25, 0.3) is 0 Å². The first-order valence-electron chi connectivity index (χ1n) is 5.27. The second kappa shape index (κ2) is 3.13. The van der Waals surface area contributed by atoms with Gasteiger partial charge in [0.05, 0.1) is 0 Å².